The minimum absolute atomic E-state index is 0.0266. The highest BCUT2D eigenvalue weighted by Gasteiger charge is 2.60. The van der Waals surface area contributed by atoms with E-state index in [0.717, 1.165) is 19.4 Å². The average Bonchev–Trinajstić information content (AvgIpc) is 2.27. The Hall–Kier alpha value is -0.0800. The van der Waals surface area contributed by atoms with Crippen LogP contribution in [0.4, 0.5) is 0 Å². The Balaban J connectivity index is 2.35. The normalized spacial score (nSPS) is 41.2. The van der Waals surface area contributed by atoms with Crippen molar-refractivity contribution in [2.24, 2.45) is 16.7 Å². The van der Waals surface area contributed by atoms with Gasteiger partial charge in [0.25, 0.3) is 0 Å². The molecule has 2 aliphatic heterocycles. The molecule has 0 amide bonds. The number of fused-ring (bicyclic) bond motifs is 2. The smallest absolute Gasteiger partial charge is 0.0894 e. The van der Waals surface area contributed by atoms with Crippen molar-refractivity contribution in [2.45, 2.75) is 79.1 Å². The molecule has 2 fully saturated rings. The molecule has 2 heteroatoms. The molecule has 2 heterocycles. The molecule has 0 saturated carbocycles. The van der Waals surface area contributed by atoms with E-state index in [2.05, 4.69) is 48.5 Å². The maximum absolute atomic E-state index is 6.46. The van der Waals surface area contributed by atoms with Crippen molar-refractivity contribution >= 4 is 0 Å². The summed E-state index contributed by atoms with van der Waals surface area (Å²) in [4.78, 5) is 0. The molecule has 4 atom stereocenters. The summed E-state index contributed by atoms with van der Waals surface area (Å²) in [6, 6.07) is 0. The van der Waals surface area contributed by atoms with Crippen LogP contribution in [0.1, 0.15) is 61.3 Å². The highest BCUT2D eigenvalue weighted by Crippen LogP contribution is 2.55. The van der Waals surface area contributed by atoms with Crippen LogP contribution in [-0.2, 0) is 9.47 Å². The number of hydrogen-bond donors (Lipinski definition) is 0. The molecule has 2 aliphatic rings. The third-order valence-corrected chi connectivity index (χ3v) is 4.38. The van der Waals surface area contributed by atoms with Gasteiger partial charge in [-0.25, -0.2) is 0 Å². The Labute approximate surface area is 112 Å². The van der Waals surface area contributed by atoms with E-state index >= 15 is 0 Å². The SMILES string of the molecule is C[C@@H]1O[C@@]2(CC(C)(C)C)CCOC1[C@H]2C(C)(C)C. The van der Waals surface area contributed by atoms with E-state index in [9.17, 15) is 0 Å². The van der Waals surface area contributed by atoms with Crippen LogP contribution in [0.25, 0.3) is 0 Å². The van der Waals surface area contributed by atoms with Gasteiger partial charge in [0, 0.05) is 18.9 Å². The summed E-state index contributed by atoms with van der Waals surface area (Å²) in [5, 5.41) is 0. The minimum atomic E-state index is 0.0266. The molecule has 106 valence electrons. The zero-order chi connectivity index (χ0) is 13.8. The van der Waals surface area contributed by atoms with Crippen molar-refractivity contribution in [3.63, 3.8) is 0 Å². The van der Waals surface area contributed by atoms with Gasteiger partial charge in [0.2, 0.25) is 0 Å². The number of ether oxygens (including phenoxy) is 2. The molecule has 2 saturated heterocycles. The van der Waals surface area contributed by atoms with Gasteiger partial charge in [-0.3, -0.25) is 0 Å². The van der Waals surface area contributed by atoms with Gasteiger partial charge >= 0.3 is 0 Å². The summed E-state index contributed by atoms with van der Waals surface area (Å²) < 4.78 is 12.5. The quantitative estimate of drug-likeness (QED) is 0.703. The van der Waals surface area contributed by atoms with E-state index in [1.54, 1.807) is 0 Å². The molecule has 0 aromatic carbocycles. The molecule has 2 rings (SSSR count). The fourth-order valence-electron chi connectivity index (χ4n) is 4.31. The Morgan fingerprint density at radius 1 is 1.11 bits per heavy atom. The largest absolute Gasteiger partial charge is 0.375 e. The molecule has 2 nitrogen and oxygen atoms in total. The zero-order valence-corrected chi connectivity index (χ0v) is 13.2. The molecule has 0 aliphatic carbocycles. The van der Waals surface area contributed by atoms with Crippen LogP contribution in [0.15, 0.2) is 0 Å². The monoisotopic (exact) mass is 254 g/mol. The van der Waals surface area contributed by atoms with Crippen molar-refractivity contribution in [3.8, 4) is 0 Å². The maximum atomic E-state index is 6.46. The van der Waals surface area contributed by atoms with E-state index in [1.807, 2.05) is 0 Å². The fourth-order valence-corrected chi connectivity index (χ4v) is 4.31. The third-order valence-electron chi connectivity index (χ3n) is 4.38. The lowest BCUT2D eigenvalue weighted by Gasteiger charge is -2.48. The third kappa shape index (κ3) is 2.46. The Morgan fingerprint density at radius 3 is 2.22 bits per heavy atom. The topological polar surface area (TPSA) is 18.5 Å². The lowest BCUT2D eigenvalue weighted by molar-refractivity contribution is -0.127. The van der Waals surface area contributed by atoms with Gasteiger partial charge in [0.1, 0.15) is 0 Å². The van der Waals surface area contributed by atoms with E-state index in [4.69, 9.17) is 9.47 Å². The summed E-state index contributed by atoms with van der Waals surface area (Å²) in [5.74, 6) is 0.507. The van der Waals surface area contributed by atoms with Gasteiger partial charge in [-0.05, 0) is 24.2 Å². The predicted molar refractivity (Wildman–Crippen MR) is 74.7 cm³/mol. The first kappa shape index (κ1) is 14.3. The molecule has 18 heavy (non-hydrogen) atoms. The van der Waals surface area contributed by atoms with Gasteiger partial charge < -0.3 is 9.47 Å². The standard InChI is InChI=1S/C16H30O2/c1-11-12-13(15(5,6)7)16(18-11,8-9-17-12)10-14(2,3)4/h11-13H,8-10H2,1-7H3/t11-,12?,13-,16+/m0/s1. The highest BCUT2D eigenvalue weighted by atomic mass is 16.6. The molecule has 2 bridgehead atoms. The van der Waals surface area contributed by atoms with Crippen molar-refractivity contribution in [1.82, 2.24) is 0 Å². The van der Waals surface area contributed by atoms with Crippen LogP contribution in [-0.4, -0.2) is 24.4 Å². The highest BCUT2D eigenvalue weighted by molar-refractivity contribution is 5.08. The molecule has 0 aromatic heterocycles. The summed E-state index contributed by atoms with van der Waals surface area (Å²) in [7, 11) is 0. The average molecular weight is 254 g/mol. The first-order valence-electron chi connectivity index (χ1n) is 7.35. The number of rotatable bonds is 1. The number of hydrogen-bond acceptors (Lipinski definition) is 2. The molecule has 1 unspecified atom stereocenters. The second-order valence-electron chi connectivity index (χ2n) is 8.55. The van der Waals surface area contributed by atoms with Crippen LogP contribution >= 0.6 is 0 Å². The van der Waals surface area contributed by atoms with Crippen molar-refractivity contribution < 1.29 is 9.47 Å². The summed E-state index contributed by atoms with van der Waals surface area (Å²) >= 11 is 0. The Morgan fingerprint density at radius 2 is 1.72 bits per heavy atom. The van der Waals surface area contributed by atoms with Crippen LogP contribution in [0, 0.1) is 16.7 Å². The maximum Gasteiger partial charge on any atom is 0.0894 e. The van der Waals surface area contributed by atoms with E-state index in [-0.39, 0.29) is 23.2 Å². The fraction of sp³-hybridized carbons (Fsp3) is 1.00. The van der Waals surface area contributed by atoms with Gasteiger partial charge in [-0.2, -0.15) is 0 Å². The molecule has 0 spiro atoms. The van der Waals surface area contributed by atoms with E-state index in [1.165, 1.54) is 0 Å². The summed E-state index contributed by atoms with van der Waals surface area (Å²) in [5.41, 5.74) is 0.565. The van der Waals surface area contributed by atoms with E-state index in [0.29, 0.717) is 11.3 Å². The predicted octanol–water partition coefficient (Wildman–Crippen LogP) is 4.03. The van der Waals surface area contributed by atoms with E-state index < -0.39 is 0 Å². The summed E-state index contributed by atoms with van der Waals surface area (Å²) in [6.45, 7) is 17.0. The molecule has 0 aromatic rings. The second-order valence-corrected chi connectivity index (χ2v) is 8.55. The Bertz CT molecular complexity index is 310. The lowest BCUT2D eigenvalue weighted by Crippen LogP contribution is -2.52. The zero-order valence-electron chi connectivity index (χ0n) is 13.2. The van der Waals surface area contributed by atoms with Gasteiger partial charge in [0.05, 0.1) is 17.8 Å². The van der Waals surface area contributed by atoms with Gasteiger partial charge in [-0.15, -0.1) is 0 Å². The first-order valence-corrected chi connectivity index (χ1v) is 7.35. The second kappa shape index (κ2) is 4.21. The summed E-state index contributed by atoms with van der Waals surface area (Å²) in [6.07, 6.45) is 2.69. The first-order chi connectivity index (χ1) is 8.05. The van der Waals surface area contributed by atoms with Crippen LogP contribution in [0.2, 0.25) is 0 Å². The van der Waals surface area contributed by atoms with Gasteiger partial charge in [-0.1, -0.05) is 41.5 Å². The lowest BCUT2D eigenvalue weighted by atomic mass is 9.62. The molecular formula is C16H30O2. The van der Waals surface area contributed by atoms with Crippen LogP contribution in [0.3, 0.4) is 0 Å². The molecular weight excluding hydrogens is 224 g/mol. The van der Waals surface area contributed by atoms with Crippen LogP contribution in [0.5, 0.6) is 0 Å². The van der Waals surface area contributed by atoms with Crippen LogP contribution < -0.4 is 0 Å². The Kier molecular flexibility index (Phi) is 3.35. The molecule has 0 radical (unpaired) electrons. The van der Waals surface area contributed by atoms with Crippen molar-refractivity contribution in [1.29, 1.82) is 0 Å². The minimum Gasteiger partial charge on any atom is -0.375 e. The molecule has 0 N–H and O–H groups in total. The van der Waals surface area contributed by atoms with Crippen molar-refractivity contribution in [2.75, 3.05) is 6.61 Å². The van der Waals surface area contributed by atoms with Gasteiger partial charge in [0.15, 0.2) is 0 Å². The van der Waals surface area contributed by atoms with Crippen molar-refractivity contribution in [3.05, 3.63) is 0 Å².